The van der Waals surface area contributed by atoms with Gasteiger partial charge >= 0.3 is 21.6 Å². The van der Waals surface area contributed by atoms with Crippen molar-refractivity contribution in [2.24, 2.45) is 5.73 Å². The Morgan fingerprint density at radius 3 is 1.50 bits per heavy atom. The number of nitrogens with two attached hydrogens (primary N) is 1. The van der Waals surface area contributed by atoms with Crippen molar-refractivity contribution in [1.82, 2.24) is 0 Å². The van der Waals surface area contributed by atoms with Crippen LogP contribution in [-0.2, 0) is 18.4 Å². The van der Waals surface area contributed by atoms with Gasteiger partial charge in [-0.05, 0) is 0 Å². The Hall–Kier alpha value is -0.470. The molecule has 16 heteroatoms. The lowest BCUT2D eigenvalue weighted by Gasteiger charge is -2.07. The molecule has 11 N–H and O–H groups in total. The largest absolute Gasteiger partial charge is 0.480 e. The van der Waals surface area contributed by atoms with Crippen LogP contribution in [0.3, 0.4) is 0 Å². The highest BCUT2D eigenvalue weighted by atomic mass is 31.2. The van der Waals surface area contributed by atoms with E-state index in [1.807, 2.05) is 0 Å². The number of hydrogen-bond donors (Lipinski definition) is 10. The van der Waals surface area contributed by atoms with Gasteiger partial charge < -0.3 is 50.6 Å². The van der Waals surface area contributed by atoms with E-state index < -0.39 is 40.4 Å². The third-order valence-corrected chi connectivity index (χ3v) is 1.65. The summed E-state index contributed by atoms with van der Waals surface area (Å²) in [5.74, 6) is -1.38. The normalized spacial score (nSPS) is 12.6. The fourth-order valence-corrected chi connectivity index (χ4v) is 0.661. The van der Waals surface area contributed by atoms with Crippen LogP contribution in [0, 0.1) is 0 Å². The lowest BCUT2D eigenvalue weighted by atomic mass is 10.3. The third kappa shape index (κ3) is 36.6. The molecule has 0 amide bonds. The molecule has 0 spiro atoms. The summed E-state index contributed by atoms with van der Waals surface area (Å²) in [6.07, 6.45) is -0.954. The van der Waals surface area contributed by atoms with E-state index in [0.29, 0.717) is 0 Å². The molecule has 0 heterocycles. The van der Waals surface area contributed by atoms with Crippen LogP contribution in [0.25, 0.3) is 0 Å². The summed E-state index contributed by atoms with van der Waals surface area (Å²) in [5.41, 5.74) is 4.86. The topological polar surface area (TPSA) is 269 Å². The van der Waals surface area contributed by atoms with Crippen LogP contribution in [0.2, 0.25) is 0 Å². The van der Waals surface area contributed by atoms with Gasteiger partial charge in [0.15, 0.2) is 0 Å². The van der Waals surface area contributed by atoms with Gasteiger partial charge in [-0.3, -0.25) is 9.32 Å². The van der Waals surface area contributed by atoms with Crippen molar-refractivity contribution in [2.45, 2.75) is 12.1 Å². The number of hydrogen-bond acceptors (Lipinski definition) is 8. The quantitative estimate of drug-likeness (QED) is 0.198. The predicted octanol–water partition coefficient (Wildman–Crippen LogP) is -4.09. The fraction of sp³-hybridized carbons (Fsp3) is 0.833. The molecular weight excluding hydrogens is 356 g/mol. The molecule has 14 nitrogen and oxygen atoms in total. The maximum atomic E-state index is 9.98. The van der Waals surface area contributed by atoms with Gasteiger partial charge in [-0.25, -0.2) is 9.13 Å². The number of phosphoric acid groups is 2. The summed E-state index contributed by atoms with van der Waals surface area (Å²) in [7, 11) is -9.24. The Kier molecular flexibility index (Phi) is 15.6. The monoisotopic (exact) mass is 375 g/mol. The van der Waals surface area contributed by atoms with E-state index in [-0.39, 0.29) is 13.2 Å². The molecule has 0 rings (SSSR count). The Morgan fingerprint density at radius 1 is 1.05 bits per heavy atom. The lowest BCUT2D eigenvalue weighted by molar-refractivity contribution is -0.139. The molecule has 0 aliphatic heterocycles. The molecule has 0 aliphatic rings. The van der Waals surface area contributed by atoms with Crippen LogP contribution >= 0.6 is 15.6 Å². The number of phosphoric ester groups is 1. The van der Waals surface area contributed by atoms with E-state index in [0.717, 1.165) is 0 Å². The number of carboxylic acid groups (broad SMARTS) is 1. The highest BCUT2D eigenvalue weighted by molar-refractivity contribution is 7.46. The summed E-state index contributed by atoms with van der Waals surface area (Å²) in [6, 6.07) is -1.41. The SMILES string of the molecule is N[C@@H](COP(=O)(O)O)C(=O)O.O=P(O)(O)O.OCC(O)CO. The predicted molar refractivity (Wildman–Crippen MR) is 68.0 cm³/mol. The summed E-state index contributed by atoms with van der Waals surface area (Å²) in [5, 5.41) is 32.1. The smallest absolute Gasteiger partial charge is 0.469 e. The Morgan fingerprint density at radius 2 is 1.36 bits per heavy atom. The lowest BCUT2D eigenvalue weighted by Crippen LogP contribution is -2.34. The van der Waals surface area contributed by atoms with Crippen molar-refractivity contribution in [1.29, 1.82) is 0 Å². The highest BCUT2D eigenvalue weighted by Gasteiger charge is 2.19. The zero-order valence-electron chi connectivity index (χ0n) is 10.9. The standard InChI is InChI=1S/C3H8NO6P.C3H8O3.H3O4P/c4-2(3(5)6)1-10-11(7,8)9;4-1-3(6)2-5;1-5(2,3)4/h2H,1,4H2,(H,5,6)(H2,7,8,9);3-6H,1-2H2;(H3,1,2,3,4)/t2-;;/m0../s1. The van der Waals surface area contributed by atoms with Crippen LogP contribution in [0.5, 0.6) is 0 Å². The molecule has 0 saturated heterocycles. The number of rotatable bonds is 6. The first-order valence-electron chi connectivity index (χ1n) is 5.00. The molecule has 0 unspecified atom stereocenters. The van der Waals surface area contributed by atoms with Crippen molar-refractivity contribution in [2.75, 3.05) is 19.8 Å². The maximum absolute atomic E-state index is 9.98. The van der Waals surface area contributed by atoms with Crippen molar-refractivity contribution in [3.63, 3.8) is 0 Å². The van der Waals surface area contributed by atoms with E-state index in [1.165, 1.54) is 0 Å². The molecule has 136 valence electrons. The molecule has 0 radical (unpaired) electrons. The molecule has 0 aromatic heterocycles. The van der Waals surface area contributed by atoms with Gasteiger partial charge in [0.2, 0.25) is 0 Å². The first kappa shape index (κ1) is 26.4. The van der Waals surface area contributed by atoms with Crippen LogP contribution in [0.15, 0.2) is 0 Å². The average Bonchev–Trinajstić information content (AvgIpc) is 2.32. The van der Waals surface area contributed by atoms with Gasteiger partial charge in [0, 0.05) is 0 Å². The number of carboxylic acids is 1. The summed E-state index contributed by atoms with van der Waals surface area (Å²) in [4.78, 5) is 47.7. The Balaban J connectivity index is -0.000000277. The molecule has 22 heavy (non-hydrogen) atoms. The van der Waals surface area contributed by atoms with Crippen LogP contribution in [-0.4, -0.2) is 82.8 Å². The first-order valence-corrected chi connectivity index (χ1v) is 8.10. The second-order valence-electron chi connectivity index (χ2n) is 3.26. The molecule has 0 fully saturated rings. The number of aliphatic hydroxyl groups is 3. The number of carbonyl (C=O) groups is 1. The van der Waals surface area contributed by atoms with E-state index in [2.05, 4.69) is 4.52 Å². The van der Waals surface area contributed by atoms with Crippen molar-refractivity contribution < 1.29 is 63.3 Å². The fourth-order valence-electron chi connectivity index (χ4n) is 0.306. The minimum Gasteiger partial charge on any atom is -0.480 e. The maximum Gasteiger partial charge on any atom is 0.469 e. The van der Waals surface area contributed by atoms with Crippen molar-refractivity contribution in [3.8, 4) is 0 Å². The van der Waals surface area contributed by atoms with Crippen LogP contribution in [0.4, 0.5) is 0 Å². The van der Waals surface area contributed by atoms with Gasteiger partial charge in [0.05, 0.1) is 19.8 Å². The molecule has 0 aromatic carbocycles. The van der Waals surface area contributed by atoms with Crippen LogP contribution < -0.4 is 5.73 Å². The van der Waals surface area contributed by atoms with Gasteiger partial charge in [0.1, 0.15) is 12.1 Å². The molecule has 0 bridgehead atoms. The average molecular weight is 375 g/mol. The molecular formula is C6H19NO13P2. The summed E-state index contributed by atoms with van der Waals surface area (Å²) < 4.78 is 22.7. The highest BCUT2D eigenvalue weighted by Crippen LogP contribution is 2.35. The minimum absolute atomic E-state index is 0.365. The summed E-state index contributed by atoms with van der Waals surface area (Å²) >= 11 is 0. The van der Waals surface area contributed by atoms with Gasteiger partial charge in [-0.15, -0.1) is 0 Å². The van der Waals surface area contributed by atoms with E-state index in [4.69, 9.17) is 55.2 Å². The molecule has 1 atom stereocenters. The van der Waals surface area contributed by atoms with Gasteiger partial charge in [0.25, 0.3) is 0 Å². The van der Waals surface area contributed by atoms with Crippen molar-refractivity contribution >= 4 is 21.6 Å². The summed E-state index contributed by atoms with van der Waals surface area (Å²) in [6.45, 7) is -1.44. The third-order valence-electron chi connectivity index (χ3n) is 1.16. The number of aliphatic hydroxyl groups excluding tert-OH is 3. The van der Waals surface area contributed by atoms with Crippen molar-refractivity contribution in [3.05, 3.63) is 0 Å². The Bertz CT molecular complexity index is 364. The zero-order valence-corrected chi connectivity index (χ0v) is 12.7. The first-order chi connectivity index (χ1) is 9.64. The van der Waals surface area contributed by atoms with E-state index in [1.54, 1.807) is 0 Å². The minimum atomic E-state index is -4.64. The molecule has 0 saturated carbocycles. The molecule has 0 aliphatic carbocycles. The van der Waals surface area contributed by atoms with E-state index in [9.17, 15) is 9.36 Å². The molecule has 0 aromatic rings. The van der Waals surface area contributed by atoms with Gasteiger partial charge in [-0.1, -0.05) is 0 Å². The zero-order chi connectivity index (χ0) is 18.6. The van der Waals surface area contributed by atoms with Gasteiger partial charge in [-0.2, -0.15) is 0 Å². The second-order valence-corrected chi connectivity index (χ2v) is 5.53. The number of aliphatic carboxylic acids is 1. The Labute approximate surface area is 123 Å². The van der Waals surface area contributed by atoms with Crippen LogP contribution in [0.1, 0.15) is 0 Å². The second kappa shape index (κ2) is 13.0. The van der Waals surface area contributed by atoms with E-state index >= 15 is 0 Å².